The lowest BCUT2D eigenvalue weighted by Crippen LogP contribution is -1.84. The minimum Gasteiger partial charge on any atom is -0.428 e. The third-order valence-corrected chi connectivity index (χ3v) is 1.85. The number of nitrogens with zero attached hydrogens (tertiary/aromatic N) is 1. The summed E-state index contributed by atoms with van der Waals surface area (Å²) in [7, 11) is 0. The fourth-order valence-corrected chi connectivity index (χ4v) is 1.28. The Labute approximate surface area is 70.0 Å². The fourth-order valence-electron chi connectivity index (χ4n) is 1.28. The van der Waals surface area contributed by atoms with E-state index >= 15 is 0 Å². The van der Waals surface area contributed by atoms with Crippen LogP contribution >= 0.6 is 0 Å². The van der Waals surface area contributed by atoms with Crippen molar-refractivity contribution < 1.29 is 5.21 Å². The molecule has 0 atom stereocenters. The zero-order chi connectivity index (χ0) is 8.55. The Morgan fingerprint density at radius 3 is 2.83 bits per heavy atom. The van der Waals surface area contributed by atoms with Gasteiger partial charge in [-0.2, -0.15) is 4.73 Å². The minimum absolute atomic E-state index is 0.716. The number of hydrogen-bond donors (Lipinski definition) is 1. The van der Waals surface area contributed by atoms with Gasteiger partial charge in [0.2, 0.25) is 0 Å². The molecule has 0 aliphatic carbocycles. The van der Waals surface area contributed by atoms with Crippen LogP contribution in [0.5, 0.6) is 0 Å². The van der Waals surface area contributed by atoms with Crippen LogP contribution in [0.3, 0.4) is 0 Å². The third kappa shape index (κ3) is 0.770. The quantitative estimate of drug-likeness (QED) is 0.458. The van der Waals surface area contributed by atoms with Gasteiger partial charge in [0.25, 0.3) is 0 Å². The molecule has 1 N–H and O–H groups in total. The zero-order valence-corrected chi connectivity index (χ0v) is 6.36. The first-order chi connectivity index (χ1) is 5.83. The highest BCUT2D eigenvalue weighted by molar-refractivity contribution is 5.86. The van der Waals surface area contributed by atoms with Gasteiger partial charge in [-0.15, -0.1) is 6.42 Å². The minimum atomic E-state index is 0.716. The standard InChI is InChI=1S/C10H7NO/c1-2-8-7-11(12)10-6-4-3-5-9(8)10/h1,3-7,12H. The molecule has 0 saturated heterocycles. The largest absolute Gasteiger partial charge is 0.428 e. The first kappa shape index (κ1) is 6.81. The molecule has 2 nitrogen and oxygen atoms in total. The molecule has 2 heteroatoms. The van der Waals surface area contributed by atoms with Crippen molar-refractivity contribution >= 4 is 10.9 Å². The molecule has 1 heterocycles. The van der Waals surface area contributed by atoms with Gasteiger partial charge >= 0.3 is 0 Å². The van der Waals surface area contributed by atoms with Crippen LogP contribution in [0, 0.1) is 12.3 Å². The predicted molar refractivity (Wildman–Crippen MR) is 47.1 cm³/mol. The topological polar surface area (TPSA) is 25.2 Å². The van der Waals surface area contributed by atoms with Crippen molar-refractivity contribution in [1.29, 1.82) is 0 Å². The molecule has 0 aliphatic rings. The van der Waals surface area contributed by atoms with E-state index in [4.69, 9.17) is 6.42 Å². The molecule has 0 saturated carbocycles. The second-order valence-electron chi connectivity index (χ2n) is 2.55. The molecule has 0 radical (unpaired) electrons. The van der Waals surface area contributed by atoms with Crippen molar-refractivity contribution in [3.63, 3.8) is 0 Å². The van der Waals surface area contributed by atoms with Crippen LogP contribution in [-0.4, -0.2) is 9.94 Å². The molecular formula is C10H7NO. The van der Waals surface area contributed by atoms with Crippen molar-refractivity contribution in [2.45, 2.75) is 0 Å². The number of hydrogen-bond acceptors (Lipinski definition) is 1. The van der Waals surface area contributed by atoms with Crippen LogP contribution in [0.4, 0.5) is 0 Å². The van der Waals surface area contributed by atoms with E-state index in [0.717, 1.165) is 15.6 Å². The summed E-state index contributed by atoms with van der Waals surface area (Å²) < 4.78 is 1.05. The Hall–Kier alpha value is -1.88. The van der Waals surface area contributed by atoms with E-state index in [9.17, 15) is 5.21 Å². The molecule has 0 aliphatic heterocycles. The maximum Gasteiger partial charge on any atom is 0.0878 e. The summed E-state index contributed by atoms with van der Waals surface area (Å²) >= 11 is 0. The Kier molecular flexibility index (Phi) is 1.31. The summed E-state index contributed by atoms with van der Waals surface area (Å²) in [6.07, 6.45) is 6.79. The van der Waals surface area contributed by atoms with Crippen molar-refractivity contribution in [1.82, 2.24) is 4.73 Å². The Balaban J connectivity index is 2.94. The molecule has 2 aromatic rings. The highest BCUT2D eigenvalue weighted by Crippen LogP contribution is 2.18. The maximum atomic E-state index is 9.34. The molecule has 0 amide bonds. The van der Waals surface area contributed by atoms with Gasteiger partial charge in [-0.05, 0) is 6.07 Å². The lowest BCUT2D eigenvalue weighted by molar-refractivity contribution is 0.200. The van der Waals surface area contributed by atoms with Gasteiger partial charge in [0, 0.05) is 5.39 Å². The number of terminal acetylenes is 1. The highest BCUT2D eigenvalue weighted by Gasteiger charge is 2.03. The molecular weight excluding hydrogens is 150 g/mol. The number of aromatic nitrogens is 1. The SMILES string of the molecule is C#Cc1cn(O)c2ccccc12. The van der Waals surface area contributed by atoms with E-state index in [1.165, 1.54) is 6.20 Å². The van der Waals surface area contributed by atoms with Crippen LogP contribution in [-0.2, 0) is 0 Å². The van der Waals surface area contributed by atoms with E-state index in [1.807, 2.05) is 24.3 Å². The average Bonchev–Trinajstić information content (AvgIpc) is 2.44. The molecule has 0 unspecified atom stereocenters. The molecule has 2 rings (SSSR count). The molecule has 12 heavy (non-hydrogen) atoms. The number of rotatable bonds is 0. The van der Waals surface area contributed by atoms with Gasteiger partial charge in [-0.3, -0.25) is 0 Å². The van der Waals surface area contributed by atoms with Crippen molar-refractivity contribution in [2.24, 2.45) is 0 Å². The second-order valence-corrected chi connectivity index (χ2v) is 2.55. The summed E-state index contributed by atoms with van der Waals surface area (Å²) in [5, 5.41) is 10.2. The Morgan fingerprint density at radius 2 is 2.08 bits per heavy atom. The first-order valence-electron chi connectivity index (χ1n) is 3.59. The summed E-state index contributed by atoms with van der Waals surface area (Å²) in [6, 6.07) is 7.45. The number of benzene rings is 1. The number of fused-ring (bicyclic) bond motifs is 1. The molecule has 1 aromatic carbocycles. The summed E-state index contributed by atoms with van der Waals surface area (Å²) in [4.78, 5) is 0. The monoisotopic (exact) mass is 157 g/mol. The van der Waals surface area contributed by atoms with E-state index in [2.05, 4.69) is 5.92 Å². The van der Waals surface area contributed by atoms with Crippen LogP contribution in [0.25, 0.3) is 10.9 Å². The van der Waals surface area contributed by atoms with Gasteiger partial charge in [-0.1, -0.05) is 24.1 Å². The lowest BCUT2D eigenvalue weighted by atomic mass is 10.2. The van der Waals surface area contributed by atoms with E-state index in [-0.39, 0.29) is 0 Å². The van der Waals surface area contributed by atoms with Gasteiger partial charge in [0.05, 0.1) is 17.3 Å². The zero-order valence-electron chi connectivity index (χ0n) is 6.36. The lowest BCUT2D eigenvalue weighted by Gasteiger charge is -1.91. The summed E-state index contributed by atoms with van der Waals surface area (Å²) in [5.74, 6) is 2.51. The maximum absolute atomic E-state index is 9.34. The normalized spacial score (nSPS) is 9.92. The average molecular weight is 157 g/mol. The van der Waals surface area contributed by atoms with Gasteiger partial charge in [-0.25, -0.2) is 0 Å². The summed E-state index contributed by atoms with van der Waals surface area (Å²) in [6.45, 7) is 0. The van der Waals surface area contributed by atoms with Crippen LogP contribution in [0.1, 0.15) is 5.56 Å². The van der Waals surface area contributed by atoms with Crippen molar-refractivity contribution in [2.75, 3.05) is 0 Å². The van der Waals surface area contributed by atoms with Crippen molar-refractivity contribution in [3.05, 3.63) is 36.0 Å². The van der Waals surface area contributed by atoms with E-state index in [1.54, 1.807) is 0 Å². The molecule has 0 spiro atoms. The predicted octanol–water partition coefficient (Wildman–Crippen LogP) is 1.86. The first-order valence-corrected chi connectivity index (χ1v) is 3.59. The van der Waals surface area contributed by atoms with Crippen LogP contribution < -0.4 is 0 Å². The number of para-hydroxylation sites is 1. The fraction of sp³-hybridized carbons (Fsp3) is 0. The van der Waals surface area contributed by atoms with E-state index < -0.39 is 0 Å². The Morgan fingerprint density at radius 1 is 1.33 bits per heavy atom. The molecule has 0 fully saturated rings. The summed E-state index contributed by atoms with van der Waals surface area (Å²) in [5.41, 5.74) is 1.46. The Bertz CT molecular complexity index is 462. The second kappa shape index (κ2) is 2.31. The van der Waals surface area contributed by atoms with Crippen molar-refractivity contribution in [3.8, 4) is 12.3 Å². The molecule has 0 bridgehead atoms. The van der Waals surface area contributed by atoms with Gasteiger partial charge in [0.1, 0.15) is 0 Å². The van der Waals surface area contributed by atoms with Gasteiger partial charge < -0.3 is 5.21 Å². The van der Waals surface area contributed by atoms with Crippen LogP contribution in [0.15, 0.2) is 30.5 Å². The smallest absolute Gasteiger partial charge is 0.0878 e. The van der Waals surface area contributed by atoms with E-state index in [0.29, 0.717) is 5.56 Å². The van der Waals surface area contributed by atoms with Crippen LogP contribution in [0.2, 0.25) is 0 Å². The third-order valence-electron chi connectivity index (χ3n) is 1.85. The molecule has 58 valence electrons. The highest BCUT2D eigenvalue weighted by atomic mass is 16.5. The van der Waals surface area contributed by atoms with Gasteiger partial charge in [0.15, 0.2) is 0 Å². The molecule has 1 aromatic heterocycles.